The van der Waals surface area contributed by atoms with Crippen LogP contribution in [0.1, 0.15) is 29.6 Å². The molecule has 1 amide bonds. The number of hydrogen-bond acceptors (Lipinski definition) is 5. The van der Waals surface area contributed by atoms with Crippen LogP contribution in [0.15, 0.2) is 60.9 Å². The van der Waals surface area contributed by atoms with Crippen molar-refractivity contribution in [3.05, 3.63) is 72.3 Å². The number of halogens is 1. The molecule has 0 bridgehead atoms. The lowest BCUT2D eigenvalue weighted by Gasteiger charge is -2.26. The van der Waals surface area contributed by atoms with Gasteiger partial charge in [0.15, 0.2) is 0 Å². The summed E-state index contributed by atoms with van der Waals surface area (Å²) in [5.41, 5.74) is 2.83. The molecule has 2 heterocycles. The summed E-state index contributed by atoms with van der Waals surface area (Å²) in [7, 11) is 0. The third kappa shape index (κ3) is 5.86. The van der Waals surface area contributed by atoms with E-state index in [-0.39, 0.29) is 11.7 Å². The topological polar surface area (TPSA) is 70.2 Å². The second-order valence-corrected chi connectivity index (χ2v) is 7.66. The molecule has 2 N–H and O–H groups in total. The van der Waals surface area contributed by atoms with Crippen LogP contribution in [0.3, 0.4) is 0 Å². The van der Waals surface area contributed by atoms with E-state index in [4.69, 9.17) is 0 Å². The summed E-state index contributed by atoms with van der Waals surface area (Å²) in [4.78, 5) is 23.5. The molecule has 6 nitrogen and oxygen atoms in total. The third-order valence-electron chi connectivity index (χ3n) is 5.37. The lowest BCUT2D eigenvalue weighted by molar-refractivity contribution is 0.0946. The van der Waals surface area contributed by atoms with Gasteiger partial charge in [0.1, 0.15) is 18.0 Å². The van der Waals surface area contributed by atoms with Crippen LogP contribution in [0, 0.1) is 5.82 Å². The van der Waals surface area contributed by atoms with E-state index in [9.17, 15) is 9.18 Å². The zero-order chi connectivity index (χ0) is 21.5. The molecule has 0 radical (unpaired) electrons. The van der Waals surface area contributed by atoms with Crippen molar-refractivity contribution >= 4 is 17.4 Å². The third-order valence-corrected chi connectivity index (χ3v) is 5.37. The monoisotopic (exact) mass is 419 g/mol. The Bertz CT molecular complexity index is 1020. The Morgan fingerprint density at radius 1 is 1.00 bits per heavy atom. The first-order valence-electron chi connectivity index (χ1n) is 10.6. The molecule has 0 saturated carbocycles. The Morgan fingerprint density at radius 3 is 2.61 bits per heavy atom. The minimum atomic E-state index is -0.290. The first-order chi connectivity index (χ1) is 15.2. The normalized spacial score (nSPS) is 14.2. The molecule has 1 aliphatic heterocycles. The maximum Gasteiger partial charge on any atom is 0.251 e. The highest BCUT2D eigenvalue weighted by molar-refractivity contribution is 5.95. The number of carbonyl (C=O) groups excluding carboxylic acids is 1. The van der Waals surface area contributed by atoms with Crippen LogP contribution in [0.5, 0.6) is 0 Å². The molecule has 4 rings (SSSR count). The summed E-state index contributed by atoms with van der Waals surface area (Å²) in [6.45, 7) is 3.77. The molecule has 1 saturated heterocycles. The molecule has 31 heavy (non-hydrogen) atoms. The van der Waals surface area contributed by atoms with E-state index < -0.39 is 0 Å². The van der Waals surface area contributed by atoms with Crippen molar-refractivity contribution in [3.8, 4) is 11.3 Å². The molecule has 2 aromatic carbocycles. The minimum absolute atomic E-state index is 0.0876. The molecule has 0 aliphatic carbocycles. The molecule has 0 atom stereocenters. The average Bonchev–Trinajstić information content (AvgIpc) is 2.80. The fourth-order valence-corrected chi connectivity index (χ4v) is 3.70. The van der Waals surface area contributed by atoms with Crippen molar-refractivity contribution in [1.82, 2.24) is 20.2 Å². The predicted octanol–water partition coefficient (Wildman–Crippen LogP) is 4.24. The fourth-order valence-electron chi connectivity index (χ4n) is 3.70. The van der Waals surface area contributed by atoms with E-state index in [1.165, 1.54) is 37.7 Å². The van der Waals surface area contributed by atoms with Crippen LogP contribution < -0.4 is 10.6 Å². The molecule has 0 unspecified atom stereocenters. The van der Waals surface area contributed by atoms with Gasteiger partial charge in [-0.15, -0.1) is 0 Å². The van der Waals surface area contributed by atoms with Crippen molar-refractivity contribution in [2.75, 3.05) is 31.5 Å². The van der Waals surface area contributed by atoms with E-state index in [0.29, 0.717) is 23.6 Å². The van der Waals surface area contributed by atoms with Gasteiger partial charge in [-0.3, -0.25) is 4.79 Å². The quantitative estimate of drug-likeness (QED) is 0.599. The number of amides is 1. The zero-order valence-corrected chi connectivity index (χ0v) is 17.4. The number of anilines is 2. The van der Waals surface area contributed by atoms with Gasteiger partial charge in [0, 0.05) is 36.0 Å². The maximum absolute atomic E-state index is 13.2. The Labute approximate surface area is 181 Å². The van der Waals surface area contributed by atoms with Crippen molar-refractivity contribution in [2.45, 2.75) is 19.3 Å². The van der Waals surface area contributed by atoms with Crippen LogP contribution in [0.4, 0.5) is 15.9 Å². The van der Waals surface area contributed by atoms with Crippen LogP contribution in [-0.4, -0.2) is 47.0 Å². The van der Waals surface area contributed by atoms with Crippen molar-refractivity contribution in [2.24, 2.45) is 0 Å². The van der Waals surface area contributed by atoms with E-state index >= 15 is 0 Å². The van der Waals surface area contributed by atoms with Crippen LogP contribution in [0.25, 0.3) is 11.3 Å². The lowest BCUT2D eigenvalue weighted by Crippen LogP contribution is -2.37. The number of carbonyl (C=O) groups is 1. The molecule has 160 valence electrons. The number of aromatic nitrogens is 2. The summed E-state index contributed by atoms with van der Waals surface area (Å²) >= 11 is 0. The van der Waals surface area contributed by atoms with Crippen molar-refractivity contribution in [3.63, 3.8) is 0 Å². The van der Waals surface area contributed by atoms with Gasteiger partial charge in [-0.25, -0.2) is 14.4 Å². The number of likely N-dealkylation sites (tertiary alicyclic amines) is 1. The van der Waals surface area contributed by atoms with Gasteiger partial charge < -0.3 is 15.5 Å². The highest BCUT2D eigenvalue weighted by Crippen LogP contribution is 2.22. The van der Waals surface area contributed by atoms with Gasteiger partial charge in [0.25, 0.3) is 5.91 Å². The minimum Gasteiger partial charge on any atom is -0.351 e. The molecule has 3 aromatic rings. The molecule has 1 aliphatic rings. The summed E-state index contributed by atoms with van der Waals surface area (Å²) in [5, 5.41) is 6.22. The second kappa shape index (κ2) is 10.1. The average molecular weight is 420 g/mol. The molecular weight excluding hydrogens is 393 g/mol. The standard InChI is InChI=1S/C24H26FN5O/c25-20-9-7-18(8-10-20)22-16-23(28-17-27-22)29-21-6-4-5-19(15-21)24(31)26-11-14-30-12-2-1-3-13-30/h4-10,15-17H,1-3,11-14H2,(H,26,31)(H,27,28,29). The summed E-state index contributed by atoms with van der Waals surface area (Å²) in [6, 6.07) is 15.3. The van der Waals surface area contributed by atoms with Gasteiger partial charge in [-0.2, -0.15) is 0 Å². The molecular formula is C24H26FN5O. The highest BCUT2D eigenvalue weighted by Gasteiger charge is 2.11. The van der Waals surface area contributed by atoms with Gasteiger partial charge >= 0.3 is 0 Å². The largest absolute Gasteiger partial charge is 0.351 e. The Kier molecular flexibility index (Phi) is 6.84. The van der Waals surface area contributed by atoms with Crippen molar-refractivity contribution in [1.29, 1.82) is 0 Å². The lowest BCUT2D eigenvalue weighted by atomic mass is 10.1. The number of benzene rings is 2. The molecule has 7 heteroatoms. The predicted molar refractivity (Wildman–Crippen MR) is 120 cm³/mol. The first kappa shape index (κ1) is 20.9. The van der Waals surface area contributed by atoms with E-state index in [1.54, 1.807) is 30.3 Å². The Morgan fingerprint density at radius 2 is 1.81 bits per heavy atom. The molecule has 1 aromatic heterocycles. The Balaban J connectivity index is 1.37. The second-order valence-electron chi connectivity index (χ2n) is 7.66. The molecule has 0 spiro atoms. The maximum atomic E-state index is 13.2. The number of hydrogen-bond donors (Lipinski definition) is 2. The van der Waals surface area contributed by atoms with E-state index in [2.05, 4.69) is 25.5 Å². The summed E-state index contributed by atoms with van der Waals surface area (Å²) in [6.07, 6.45) is 5.25. The van der Waals surface area contributed by atoms with Gasteiger partial charge in [-0.1, -0.05) is 12.5 Å². The van der Waals surface area contributed by atoms with Crippen LogP contribution in [0.2, 0.25) is 0 Å². The summed E-state index contributed by atoms with van der Waals surface area (Å²) in [5.74, 6) is 0.217. The zero-order valence-electron chi connectivity index (χ0n) is 17.4. The molecule has 1 fully saturated rings. The van der Waals surface area contributed by atoms with Crippen LogP contribution >= 0.6 is 0 Å². The summed E-state index contributed by atoms with van der Waals surface area (Å²) < 4.78 is 13.2. The Hall–Kier alpha value is -3.32. The highest BCUT2D eigenvalue weighted by atomic mass is 19.1. The van der Waals surface area contributed by atoms with Crippen molar-refractivity contribution < 1.29 is 9.18 Å². The van der Waals surface area contributed by atoms with Crippen LogP contribution in [-0.2, 0) is 0 Å². The fraction of sp³-hybridized carbons (Fsp3) is 0.292. The number of nitrogens with one attached hydrogen (secondary N) is 2. The smallest absolute Gasteiger partial charge is 0.251 e. The van der Waals surface area contributed by atoms with E-state index in [1.807, 2.05) is 12.1 Å². The number of rotatable bonds is 7. The number of nitrogens with zero attached hydrogens (tertiary/aromatic N) is 3. The van der Waals surface area contributed by atoms with Gasteiger partial charge in [0.2, 0.25) is 0 Å². The number of piperidine rings is 1. The van der Waals surface area contributed by atoms with E-state index in [0.717, 1.165) is 30.9 Å². The van der Waals surface area contributed by atoms with Gasteiger partial charge in [0.05, 0.1) is 5.69 Å². The SMILES string of the molecule is O=C(NCCN1CCCCC1)c1cccc(Nc2cc(-c3ccc(F)cc3)ncn2)c1. The van der Waals surface area contributed by atoms with Gasteiger partial charge in [-0.05, 0) is 68.4 Å². The first-order valence-corrected chi connectivity index (χ1v) is 10.6.